The smallest absolute Gasteiger partial charge is 0.320 e. The van der Waals surface area contributed by atoms with E-state index in [0.717, 1.165) is 91.5 Å². The largest absolute Gasteiger partial charge is 0.480 e. The van der Waals surface area contributed by atoms with E-state index in [0.29, 0.717) is 129 Å². The molecule has 48 nitrogen and oxygen atoms in total. The van der Waals surface area contributed by atoms with Gasteiger partial charge in [0, 0.05) is 120 Å². The Morgan fingerprint density at radius 2 is 0.398 bits per heavy atom. The van der Waals surface area contributed by atoms with Crippen molar-refractivity contribution < 1.29 is 99.0 Å². The maximum Gasteiger partial charge on any atom is 0.320 e. The van der Waals surface area contributed by atoms with Crippen LogP contribution in [0.3, 0.4) is 0 Å². The van der Waals surface area contributed by atoms with E-state index in [1.54, 1.807) is 0 Å². The molecule has 0 aliphatic rings. The number of hydrogen-bond acceptors (Lipinski definition) is 26. The molecule has 0 aliphatic heterocycles. The number of nitrogens with one attached hydrogen (secondary N) is 4. The van der Waals surface area contributed by atoms with Crippen molar-refractivity contribution in [3.63, 3.8) is 0 Å². The number of unbranched alkanes of at least 4 members (excludes halogenated alkanes) is 2. The van der Waals surface area contributed by atoms with Gasteiger partial charge in [0.1, 0.15) is 60.4 Å². The topological polar surface area (TPSA) is 1010 Å². The predicted octanol–water partition coefficient (Wildman–Crippen LogP) is -2.65. The lowest BCUT2D eigenvalue weighted by Gasteiger charge is -2.04. The number of hydrogen-bond donors (Lipinski definition) is 34. The van der Waals surface area contributed by atoms with Crippen molar-refractivity contribution in [1.29, 1.82) is 0 Å². The fourth-order valence-corrected chi connectivity index (χ4v) is 10.3. The summed E-state index contributed by atoms with van der Waals surface area (Å²) in [6.07, 6.45) is 16.8. The van der Waals surface area contributed by atoms with Crippen LogP contribution in [0.25, 0.3) is 43.6 Å². The number of carbonyl (C=O) groups is 10. The number of aromatic amines is 4. The first kappa shape index (κ1) is 116. The predicted molar refractivity (Wildman–Crippen MR) is 490 cm³/mol. The number of carboxylic acids is 10. The molecule has 4 aromatic heterocycles. The fourth-order valence-electron chi connectivity index (χ4n) is 10.3. The number of H-pyrrole nitrogens is 4. The maximum atomic E-state index is 10.6. The molecule has 8 aromatic rings. The van der Waals surface area contributed by atoms with Gasteiger partial charge in [0.05, 0.1) is 0 Å². The Labute approximate surface area is 737 Å². The molecule has 48 heteroatoms. The van der Waals surface area contributed by atoms with E-state index in [-0.39, 0.29) is 23.8 Å². The summed E-state index contributed by atoms with van der Waals surface area (Å²) in [5.74, 6) is -9.70. The Hall–Kier alpha value is -13.7. The van der Waals surface area contributed by atoms with Crippen LogP contribution in [0.5, 0.6) is 0 Å². The van der Waals surface area contributed by atoms with Crippen LogP contribution in [0.1, 0.15) is 112 Å². The van der Waals surface area contributed by atoms with Crippen molar-refractivity contribution in [2.45, 2.75) is 176 Å². The highest BCUT2D eigenvalue weighted by atomic mass is 16.4. The lowest BCUT2D eigenvalue weighted by Crippen LogP contribution is -2.32. The second-order valence-corrected chi connectivity index (χ2v) is 28.1. The van der Waals surface area contributed by atoms with Crippen molar-refractivity contribution in [3.05, 3.63) is 144 Å². The highest BCUT2D eigenvalue weighted by Gasteiger charge is 2.20. The lowest BCUT2D eigenvalue weighted by atomic mass is 10.1. The number of benzene rings is 4. The number of nitrogens with zero attached hydrogens (tertiary/aromatic N) is 4. The van der Waals surface area contributed by atoms with Crippen molar-refractivity contribution in [1.82, 2.24) is 19.9 Å². The molecule has 0 saturated heterocycles. The van der Waals surface area contributed by atoms with Crippen LogP contribution in [0, 0.1) is 0 Å². The zero-order chi connectivity index (χ0) is 97.6. The van der Waals surface area contributed by atoms with E-state index in [1.807, 2.05) is 122 Å². The number of aromatic nitrogens is 4. The highest BCUT2D eigenvalue weighted by Crippen LogP contribution is 2.22. The first-order valence-electron chi connectivity index (χ1n) is 39.9. The SMILES string of the molecule is NC(N)=NCCC[C@H](N)C(=O)O.NC(N)=NCCC[C@H](N)C(=O)O.NC(N)=NCCC[C@H](N)C(=O)O.NC(N)=NCCC[C@H](N)C(=O)O.NCCCC[C@H](N)C(=O)O.NCCCC[C@H](N)C(=O)O.N[C@@H](Cc1c[nH]c2ccccc12)C(=O)O.N[C@@H](Cc1c[nH]c2ccccc12)C(=O)O.N[C@@H](Cc1c[nH]c2ccccc12)C(=O)O.N[C@@H](Cc1c[nH]c2ccccc12)C(=O)O. The molecule has 8 rings (SSSR count). The van der Waals surface area contributed by atoms with Gasteiger partial charge in [0.2, 0.25) is 0 Å². The Balaban J connectivity index is 0. The van der Waals surface area contributed by atoms with Gasteiger partial charge in [-0.15, -0.1) is 0 Å². The molecular weight excluding hydrogens is 1670 g/mol. The number of para-hydroxylation sites is 4. The van der Waals surface area contributed by atoms with Crippen molar-refractivity contribution >= 4 is 127 Å². The minimum absolute atomic E-state index is 0.0129. The van der Waals surface area contributed by atoms with Crippen LogP contribution in [0.2, 0.25) is 0 Å². The minimum atomic E-state index is -1.00. The maximum absolute atomic E-state index is 10.6. The van der Waals surface area contributed by atoms with Crippen LogP contribution >= 0.6 is 0 Å². The Bertz CT molecular complexity index is 4160. The van der Waals surface area contributed by atoms with Gasteiger partial charge in [0.25, 0.3) is 0 Å². The summed E-state index contributed by atoms with van der Waals surface area (Å²) in [6.45, 7) is 2.89. The van der Waals surface area contributed by atoms with E-state index >= 15 is 0 Å². The molecule has 54 N–H and O–H groups in total. The summed E-state index contributed by atoms with van der Waals surface area (Å²) in [4.78, 5) is 131. The van der Waals surface area contributed by atoms with Gasteiger partial charge in [-0.05, 0) is 137 Å². The molecule has 0 unspecified atom stereocenters. The third kappa shape index (κ3) is 54.2. The van der Waals surface area contributed by atoms with Gasteiger partial charge in [-0.25, -0.2) is 0 Å². The van der Waals surface area contributed by atoms with Crippen LogP contribution < -0.4 is 115 Å². The zero-order valence-corrected chi connectivity index (χ0v) is 71.2. The van der Waals surface area contributed by atoms with Gasteiger partial charge in [-0.2, -0.15) is 0 Å². The molecule has 10 atom stereocenters. The van der Waals surface area contributed by atoms with E-state index in [1.165, 1.54) is 0 Å². The summed E-state index contributed by atoms with van der Waals surface area (Å²) < 4.78 is 0. The second-order valence-electron chi connectivity index (χ2n) is 28.1. The number of rotatable bonds is 42. The molecule has 0 spiro atoms. The number of nitrogens with two attached hydrogens (primary N) is 20. The van der Waals surface area contributed by atoms with Crippen LogP contribution in [0.15, 0.2) is 142 Å². The van der Waals surface area contributed by atoms with Gasteiger partial charge in [0.15, 0.2) is 23.8 Å². The lowest BCUT2D eigenvalue weighted by molar-refractivity contribution is -0.139. The van der Waals surface area contributed by atoms with Crippen molar-refractivity contribution in [3.8, 4) is 0 Å². The number of aliphatic carboxylic acids is 10. The van der Waals surface area contributed by atoms with E-state index in [2.05, 4.69) is 39.9 Å². The molecule has 0 bridgehead atoms. The number of fused-ring (bicyclic) bond motifs is 4. The number of guanidine groups is 4. The molecule has 0 fully saturated rings. The Morgan fingerprint density at radius 3 is 0.547 bits per heavy atom. The van der Waals surface area contributed by atoms with Crippen LogP contribution in [0.4, 0.5) is 0 Å². The fraction of sp³-hybridized carbons (Fsp3) is 0.425. The molecule has 4 aromatic carbocycles. The third-order valence-corrected chi connectivity index (χ3v) is 17.4. The standard InChI is InChI=1S/4C11H12N2O2.4C6H14N4O2.2C6H14N2O2/c4*12-9(11(14)15)5-7-6-13-10-4-2-1-3-8(7)10;4*7-4(5(11)12)2-1-3-10-6(8)9;2*7-4-2-1-3-5(8)6(9)10/h4*1-4,6,9,13H,5,12H2,(H,14,15);4*4H,1-3,7H2,(H,11,12)(H4,8,9,10);2*5H,1-4,7-8H2,(H,9,10)/t4*9-;4*4-;2*5-/m0000000000/s1. The highest BCUT2D eigenvalue weighted by molar-refractivity contribution is 5.88. The second kappa shape index (κ2) is 66.8. The summed E-state index contributed by atoms with van der Waals surface area (Å²) >= 11 is 0. The van der Waals surface area contributed by atoms with Crippen LogP contribution in [-0.2, 0) is 73.6 Å². The first-order valence-corrected chi connectivity index (χ1v) is 39.9. The minimum Gasteiger partial charge on any atom is -0.480 e. The molecular formula is C80H132N28O20. The molecule has 0 aliphatic carbocycles. The van der Waals surface area contributed by atoms with Gasteiger partial charge in [-0.3, -0.25) is 67.9 Å². The summed E-state index contributed by atoms with van der Waals surface area (Å²) in [7, 11) is 0. The summed E-state index contributed by atoms with van der Waals surface area (Å²) in [5.41, 5.74) is 112. The quantitative estimate of drug-likeness (QED) is 0.0106. The summed E-state index contributed by atoms with van der Waals surface area (Å²) in [5, 5.41) is 89.2. The average Bonchev–Trinajstić information content (AvgIpc) is 1.71. The Morgan fingerprint density at radius 1 is 0.242 bits per heavy atom. The van der Waals surface area contributed by atoms with Crippen molar-refractivity contribution in [2.75, 3.05) is 39.3 Å². The number of aliphatic imine (C=N–C) groups is 4. The molecule has 128 heavy (non-hydrogen) atoms. The monoisotopic (exact) mass is 1810 g/mol. The van der Waals surface area contributed by atoms with E-state index < -0.39 is 120 Å². The summed E-state index contributed by atoms with van der Waals surface area (Å²) in [6, 6.07) is 22.9. The molecule has 0 radical (unpaired) electrons. The molecule has 0 amide bonds. The third-order valence-electron chi connectivity index (χ3n) is 17.4. The first-order chi connectivity index (χ1) is 60.2. The van der Waals surface area contributed by atoms with E-state index in [4.69, 9.17) is 166 Å². The Kier molecular flexibility index (Phi) is 60.7. The average molecular weight is 1810 g/mol. The van der Waals surface area contributed by atoms with Gasteiger partial charge < -0.3 is 186 Å². The normalized spacial score (nSPS) is 12.6. The van der Waals surface area contributed by atoms with Crippen molar-refractivity contribution in [2.24, 2.45) is 135 Å². The molecule has 0 saturated carbocycles. The number of carboxylic acid groups (broad SMARTS) is 10. The van der Waals surface area contributed by atoms with Crippen LogP contribution in [-0.4, -0.2) is 254 Å². The molecule has 712 valence electrons. The van der Waals surface area contributed by atoms with Gasteiger partial charge >= 0.3 is 59.7 Å². The molecule has 4 heterocycles. The van der Waals surface area contributed by atoms with Gasteiger partial charge in [-0.1, -0.05) is 85.6 Å². The van der Waals surface area contributed by atoms with E-state index in [9.17, 15) is 47.9 Å². The zero-order valence-electron chi connectivity index (χ0n) is 71.2.